The third-order valence-electron chi connectivity index (χ3n) is 1.36. The minimum absolute atomic E-state index is 0.403. The number of hydrogen-bond acceptors (Lipinski definition) is 2. The molecule has 1 rings (SSSR count). The van der Waals surface area contributed by atoms with Gasteiger partial charge in [-0.1, -0.05) is 18.2 Å². The molecule has 0 spiro atoms. The largest absolute Gasteiger partial charge is 0.231 e. The second kappa shape index (κ2) is 3.10. The van der Waals surface area contributed by atoms with E-state index in [9.17, 15) is 8.42 Å². The fourth-order valence-electron chi connectivity index (χ4n) is 0.830. The maximum Gasteiger partial charge on any atom is 0.231 e. The van der Waals surface area contributed by atoms with Crippen LogP contribution in [0.15, 0.2) is 29.2 Å². The summed E-state index contributed by atoms with van der Waals surface area (Å²) in [6.45, 7) is 1.78. The number of aryl methyl sites for hydroxylation is 1. The van der Waals surface area contributed by atoms with Crippen LogP contribution in [0.2, 0.25) is 0 Å². The van der Waals surface area contributed by atoms with Crippen LogP contribution in [0, 0.1) is 6.92 Å². The molecule has 0 aromatic heterocycles. The third kappa shape index (κ3) is 2.16. The van der Waals surface area contributed by atoms with Crippen molar-refractivity contribution in [3.63, 3.8) is 0 Å². The van der Waals surface area contributed by atoms with Crippen molar-refractivity contribution in [2.24, 2.45) is 0 Å². The van der Waals surface area contributed by atoms with Gasteiger partial charge < -0.3 is 0 Å². The summed E-state index contributed by atoms with van der Waals surface area (Å²) in [5.41, 5.74) is 0.793. The molecule has 1 aromatic rings. The van der Waals surface area contributed by atoms with Gasteiger partial charge in [-0.3, -0.25) is 0 Å². The van der Waals surface area contributed by atoms with Gasteiger partial charge in [0.25, 0.3) is 0 Å². The first-order valence-electron chi connectivity index (χ1n) is 3.02. The molecular formula is C7H7IO2S. The Morgan fingerprint density at radius 3 is 2.18 bits per heavy atom. The zero-order valence-corrected chi connectivity index (χ0v) is 8.89. The lowest BCUT2D eigenvalue weighted by atomic mass is 10.2. The standard InChI is InChI=1S/C7H7IO2S/c1-6-4-2-3-5-7(6)11(8,9)10/h2-5H,1H3. The highest BCUT2D eigenvalue weighted by atomic mass is 127. The number of halogens is 1. The molecule has 0 saturated carbocycles. The summed E-state index contributed by atoms with van der Waals surface area (Å²) in [4.78, 5) is 0.403. The summed E-state index contributed by atoms with van der Waals surface area (Å²) in [5.74, 6) is 0. The third-order valence-corrected chi connectivity index (χ3v) is 3.76. The number of rotatable bonds is 1. The van der Waals surface area contributed by atoms with Gasteiger partial charge in [0.1, 0.15) is 0 Å². The van der Waals surface area contributed by atoms with Crippen LogP contribution in [0.25, 0.3) is 0 Å². The second-order valence-corrected chi connectivity index (χ2v) is 7.00. The average Bonchev–Trinajstić information content (AvgIpc) is 1.86. The van der Waals surface area contributed by atoms with E-state index in [1.54, 1.807) is 25.1 Å². The van der Waals surface area contributed by atoms with Crippen LogP contribution in [-0.2, 0) is 7.01 Å². The van der Waals surface area contributed by atoms with E-state index in [0.29, 0.717) is 4.90 Å². The van der Waals surface area contributed by atoms with Crippen molar-refractivity contribution in [1.29, 1.82) is 0 Å². The van der Waals surface area contributed by atoms with E-state index in [2.05, 4.69) is 0 Å². The maximum atomic E-state index is 11.0. The SMILES string of the molecule is Cc1ccccc1S(=O)(=O)I. The van der Waals surface area contributed by atoms with E-state index < -0.39 is 7.01 Å². The van der Waals surface area contributed by atoms with Crippen molar-refractivity contribution >= 4 is 28.2 Å². The minimum Gasteiger partial charge on any atom is -0.213 e. The molecule has 0 N–H and O–H groups in total. The van der Waals surface area contributed by atoms with Crippen molar-refractivity contribution in [3.8, 4) is 0 Å². The molecule has 0 bridgehead atoms. The van der Waals surface area contributed by atoms with E-state index in [-0.39, 0.29) is 0 Å². The summed E-state index contributed by atoms with van der Waals surface area (Å²) in [6.07, 6.45) is 0. The second-order valence-electron chi connectivity index (χ2n) is 2.20. The molecule has 0 radical (unpaired) electrons. The van der Waals surface area contributed by atoms with Gasteiger partial charge in [-0.05, 0) is 18.6 Å². The molecule has 0 heterocycles. The molecule has 2 nitrogen and oxygen atoms in total. The lowest BCUT2D eigenvalue weighted by molar-refractivity contribution is 0.612. The Morgan fingerprint density at radius 2 is 1.82 bits per heavy atom. The van der Waals surface area contributed by atoms with Crippen LogP contribution in [0.1, 0.15) is 5.56 Å². The topological polar surface area (TPSA) is 34.1 Å². The van der Waals surface area contributed by atoms with Crippen LogP contribution >= 0.6 is 21.2 Å². The highest BCUT2D eigenvalue weighted by Crippen LogP contribution is 2.20. The highest BCUT2D eigenvalue weighted by Gasteiger charge is 2.10. The summed E-state index contributed by atoms with van der Waals surface area (Å²) >= 11 is 1.44. The Bertz CT molecular complexity index is 356. The summed E-state index contributed by atoms with van der Waals surface area (Å²) in [5, 5.41) is 0. The van der Waals surface area contributed by atoms with Crippen LogP contribution in [0.5, 0.6) is 0 Å². The number of hydrogen-bond donors (Lipinski definition) is 0. The van der Waals surface area contributed by atoms with Crippen molar-refractivity contribution in [2.75, 3.05) is 0 Å². The Morgan fingerprint density at radius 1 is 1.27 bits per heavy atom. The van der Waals surface area contributed by atoms with Crippen LogP contribution < -0.4 is 0 Å². The minimum atomic E-state index is -3.06. The Kier molecular flexibility index (Phi) is 2.54. The summed E-state index contributed by atoms with van der Waals surface area (Å²) < 4.78 is 22.1. The van der Waals surface area contributed by atoms with Crippen LogP contribution in [0.3, 0.4) is 0 Å². The molecule has 0 atom stereocenters. The maximum absolute atomic E-state index is 11.0. The normalized spacial score (nSPS) is 11.5. The Balaban J connectivity index is 3.37. The predicted octanol–water partition coefficient (Wildman–Crippen LogP) is 2.12. The fraction of sp³-hybridized carbons (Fsp3) is 0.143. The van der Waals surface area contributed by atoms with Gasteiger partial charge in [0.05, 0.1) is 26.1 Å². The molecule has 0 saturated heterocycles. The molecular weight excluding hydrogens is 275 g/mol. The highest BCUT2D eigenvalue weighted by molar-refractivity contribution is 14.2. The van der Waals surface area contributed by atoms with E-state index in [0.717, 1.165) is 5.56 Å². The summed E-state index contributed by atoms with van der Waals surface area (Å²) in [7, 11) is -3.06. The smallest absolute Gasteiger partial charge is 0.213 e. The van der Waals surface area contributed by atoms with Crippen LogP contribution in [0.4, 0.5) is 0 Å². The van der Waals surface area contributed by atoms with Gasteiger partial charge in [0, 0.05) is 0 Å². The number of benzene rings is 1. The average molecular weight is 282 g/mol. The first-order chi connectivity index (χ1) is 5.02. The Hall–Kier alpha value is -0.100. The van der Waals surface area contributed by atoms with Gasteiger partial charge in [-0.25, -0.2) is 8.42 Å². The van der Waals surface area contributed by atoms with Gasteiger partial charge in [0.15, 0.2) is 0 Å². The first-order valence-corrected chi connectivity index (χ1v) is 7.05. The monoisotopic (exact) mass is 282 g/mol. The van der Waals surface area contributed by atoms with Crippen molar-refractivity contribution in [1.82, 2.24) is 0 Å². The molecule has 1 aromatic carbocycles. The van der Waals surface area contributed by atoms with Crippen molar-refractivity contribution in [2.45, 2.75) is 11.8 Å². The van der Waals surface area contributed by atoms with Crippen LogP contribution in [-0.4, -0.2) is 8.42 Å². The van der Waals surface area contributed by atoms with Gasteiger partial charge in [0.2, 0.25) is 7.01 Å². The van der Waals surface area contributed by atoms with Crippen molar-refractivity contribution in [3.05, 3.63) is 29.8 Å². The molecule has 4 heteroatoms. The Labute approximate surface area is 78.1 Å². The molecule has 11 heavy (non-hydrogen) atoms. The fourth-order valence-corrected chi connectivity index (χ4v) is 3.01. The lowest BCUT2D eigenvalue weighted by Gasteiger charge is -1.98. The van der Waals surface area contributed by atoms with E-state index in [4.69, 9.17) is 0 Å². The molecule has 0 amide bonds. The predicted molar refractivity (Wildman–Crippen MR) is 52.4 cm³/mol. The molecule has 0 unspecified atom stereocenters. The zero-order valence-electron chi connectivity index (χ0n) is 5.91. The van der Waals surface area contributed by atoms with Crippen molar-refractivity contribution < 1.29 is 8.42 Å². The molecule has 0 fully saturated rings. The van der Waals surface area contributed by atoms with Gasteiger partial charge in [-0.2, -0.15) is 0 Å². The summed E-state index contributed by atoms with van der Waals surface area (Å²) in [6, 6.07) is 6.93. The zero-order chi connectivity index (χ0) is 8.48. The molecule has 0 aliphatic heterocycles. The van der Waals surface area contributed by atoms with E-state index >= 15 is 0 Å². The lowest BCUT2D eigenvalue weighted by Crippen LogP contribution is -1.91. The van der Waals surface area contributed by atoms with E-state index in [1.165, 1.54) is 21.2 Å². The van der Waals surface area contributed by atoms with Gasteiger partial charge >= 0.3 is 0 Å². The quantitative estimate of drug-likeness (QED) is 0.584. The van der Waals surface area contributed by atoms with Gasteiger partial charge in [-0.15, -0.1) is 0 Å². The molecule has 0 aliphatic carbocycles. The first kappa shape index (κ1) is 8.99. The van der Waals surface area contributed by atoms with E-state index in [1.807, 2.05) is 6.07 Å². The molecule has 0 aliphatic rings. The molecule has 60 valence electrons.